The van der Waals surface area contributed by atoms with Crippen molar-refractivity contribution in [1.29, 1.82) is 0 Å². The smallest absolute Gasteiger partial charge is 0.334 e. The van der Waals surface area contributed by atoms with E-state index < -0.39 is 5.97 Å². The van der Waals surface area contributed by atoms with E-state index in [9.17, 15) is 4.79 Å². The van der Waals surface area contributed by atoms with Crippen molar-refractivity contribution in [2.24, 2.45) is 0 Å². The van der Waals surface area contributed by atoms with Gasteiger partial charge >= 0.3 is 5.97 Å². The average Bonchev–Trinajstić information content (AvgIpc) is 2.24. The Balaban J connectivity index is 2.78. The SMILES string of the molecule is C=C(COc1cc(C)cc(C(C)C)c1)C(=O)O. The Morgan fingerprint density at radius 3 is 2.59 bits per heavy atom. The molecule has 1 rings (SSSR count). The van der Waals surface area contributed by atoms with Gasteiger partial charge in [-0.15, -0.1) is 0 Å². The largest absolute Gasteiger partial charge is 0.489 e. The summed E-state index contributed by atoms with van der Waals surface area (Å²) >= 11 is 0. The summed E-state index contributed by atoms with van der Waals surface area (Å²) in [6.07, 6.45) is 0. The van der Waals surface area contributed by atoms with Gasteiger partial charge < -0.3 is 9.84 Å². The quantitative estimate of drug-likeness (QED) is 0.796. The van der Waals surface area contributed by atoms with Gasteiger partial charge in [0.25, 0.3) is 0 Å². The highest BCUT2D eigenvalue weighted by Crippen LogP contribution is 2.23. The molecule has 0 heterocycles. The van der Waals surface area contributed by atoms with Gasteiger partial charge in [-0.25, -0.2) is 4.79 Å². The molecule has 0 aromatic heterocycles. The van der Waals surface area contributed by atoms with Crippen molar-refractivity contribution < 1.29 is 14.6 Å². The van der Waals surface area contributed by atoms with E-state index >= 15 is 0 Å². The van der Waals surface area contributed by atoms with E-state index in [0.29, 0.717) is 11.7 Å². The van der Waals surface area contributed by atoms with Crippen LogP contribution in [0.15, 0.2) is 30.4 Å². The number of hydrogen-bond acceptors (Lipinski definition) is 2. The van der Waals surface area contributed by atoms with Gasteiger partial charge in [-0.3, -0.25) is 0 Å². The molecule has 3 nitrogen and oxygen atoms in total. The number of carboxylic acid groups (broad SMARTS) is 1. The molecular formula is C14H18O3. The molecular weight excluding hydrogens is 216 g/mol. The molecule has 0 aliphatic heterocycles. The molecule has 0 saturated heterocycles. The molecule has 0 fully saturated rings. The Labute approximate surface area is 102 Å². The summed E-state index contributed by atoms with van der Waals surface area (Å²) in [5.74, 6) is 0.0813. The summed E-state index contributed by atoms with van der Waals surface area (Å²) in [6, 6.07) is 5.93. The molecule has 0 aliphatic carbocycles. The van der Waals surface area contributed by atoms with E-state index in [1.165, 1.54) is 5.56 Å². The second-order valence-electron chi connectivity index (χ2n) is 4.43. The predicted octanol–water partition coefficient (Wildman–Crippen LogP) is 3.14. The van der Waals surface area contributed by atoms with E-state index in [4.69, 9.17) is 9.84 Å². The third kappa shape index (κ3) is 3.94. The number of aryl methyl sites for hydroxylation is 1. The zero-order valence-corrected chi connectivity index (χ0v) is 10.5. The van der Waals surface area contributed by atoms with Crippen LogP contribution in [0.4, 0.5) is 0 Å². The minimum atomic E-state index is -1.03. The van der Waals surface area contributed by atoms with Gasteiger partial charge in [-0.1, -0.05) is 26.5 Å². The second kappa shape index (κ2) is 5.53. The first-order chi connectivity index (χ1) is 7.90. The molecule has 1 N–H and O–H groups in total. The minimum absolute atomic E-state index is 0.0102. The molecule has 0 amide bonds. The molecule has 3 heteroatoms. The van der Waals surface area contributed by atoms with Crippen LogP contribution in [0.25, 0.3) is 0 Å². The molecule has 0 radical (unpaired) electrons. The van der Waals surface area contributed by atoms with E-state index in [1.54, 1.807) is 0 Å². The molecule has 0 aliphatic rings. The number of rotatable bonds is 5. The topological polar surface area (TPSA) is 46.5 Å². The molecule has 92 valence electrons. The lowest BCUT2D eigenvalue weighted by Gasteiger charge is -2.11. The summed E-state index contributed by atoms with van der Waals surface area (Å²) in [4.78, 5) is 10.6. The molecule has 17 heavy (non-hydrogen) atoms. The lowest BCUT2D eigenvalue weighted by molar-refractivity contribution is -0.133. The number of carbonyl (C=O) groups is 1. The van der Waals surface area contributed by atoms with Crippen molar-refractivity contribution in [2.45, 2.75) is 26.7 Å². The normalized spacial score (nSPS) is 10.4. The van der Waals surface area contributed by atoms with Crippen molar-refractivity contribution in [2.75, 3.05) is 6.61 Å². The summed E-state index contributed by atoms with van der Waals surface area (Å²) in [5, 5.41) is 8.68. The number of aliphatic carboxylic acids is 1. The first kappa shape index (κ1) is 13.3. The minimum Gasteiger partial charge on any atom is -0.489 e. The Bertz CT molecular complexity index is 433. The lowest BCUT2D eigenvalue weighted by Crippen LogP contribution is -2.09. The van der Waals surface area contributed by atoms with Crippen LogP contribution in [0, 0.1) is 6.92 Å². The highest BCUT2D eigenvalue weighted by atomic mass is 16.5. The van der Waals surface area contributed by atoms with Crippen molar-refractivity contribution in [3.05, 3.63) is 41.5 Å². The Morgan fingerprint density at radius 1 is 1.41 bits per heavy atom. The summed E-state index contributed by atoms with van der Waals surface area (Å²) in [6.45, 7) is 9.64. The fourth-order valence-corrected chi connectivity index (χ4v) is 1.43. The first-order valence-electron chi connectivity index (χ1n) is 5.55. The lowest BCUT2D eigenvalue weighted by atomic mass is 10.0. The molecule has 0 atom stereocenters. The summed E-state index contributed by atoms with van der Waals surface area (Å²) in [5.41, 5.74) is 2.34. The highest BCUT2D eigenvalue weighted by Gasteiger charge is 2.07. The van der Waals surface area contributed by atoms with Crippen LogP contribution in [0.2, 0.25) is 0 Å². The maximum Gasteiger partial charge on any atom is 0.334 e. The Hall–Kier alpha value is -1.77. The van der Waals surface area contributed by atoms with Crippen LogP contribution < -0.4 is 4.74 Å². The molecule has 0 spiro atoms. The number of ether oxygens (including phenoxy) is 1. The predicted molar refractivity (Wildman–Crippen MR) is 67.5 cm³/mol. The van der Waals surface area contributed by atoms with Gasteiger partial charge in [0.2, 0.25) is 0 Å². The van der Waals surface area contributed by atoms with E-state index in [1.807, 2.05) is 19.1 Å². The maximum absolute atomic E-state index is 10.6. The van der Waals surface area contributed by atoms with Crippen LogP contribution >= 0.6 is 0 Å². The molecule has 0 unspecified atom stereocenters. The van der Waals surface area contributed by atoms with Gasteiger partial charge in [0.15, 0.2) is 0 Å². The molecule has 1 aromatic rings. The Kier molecular flexibility index (Phi) is 4.32. The molecule has 0 bridgehead atoms. The van der Waals surface area contributed by atoms with Gasteiger partial charge in [0.05, 0.1) is 5.57 Å². The number of carboxylic acids is 1. The van der Waals surface area contributed by atoms with Crippen LogP contribution in [0.5, 0.6) is 5.75 Å². The zero-order chi connectivity index (χ0) is 13.0. The fraction of sp³-hybridized carbons (Fsp3) is 0.357. The zero-order valence-electron chi connectivity index (χ0n) is 10.5. The van der Waals surface area contributed by atoms with Gasteiger partial charge in [0.1, 0.15) is 12.4 Å². The molecule has 1 aromatic carbocycles. The second-order valence-corrected chi connectivity index (χ2v) is 4.43. The van der Waals surface area contributed by atoms with Gasteiger partial charge in [-0.05, 0) is 36.1 Å². The number of hydrogen-bond donors (Lipinski definition) is 1. The highest BCUT2D eigenvalue weighted by molar-refractivity contribution is 5.86. The van der Waals surface area contributed by atoms with Crippen LogP contribution in [-0.4, -0.2) is 17.7 Å². The standard InChI is InChI=1S/C14H18O3/c1-9(2)12-5-10(3)6-13(7-12)17-8-11(4)14(15)16/h5-7,9H,4,8H2,1-3H3,(H,15,16). The van der Waals surface area contributed by atoms with Crippen LogP contribution in [-0.2, 0) is 4.79 Å². The van der Waals surface area contributed by atoms with Crippen molar-refractivity contribution in [1.82, 2.24) is 0 Å². The van der Waals surface area contributed by atoms with E-state index in [-0.39, 0.29) is 12.2 Å². The van der Waals surface area contributed by atoms with Gasteiger partial charge in [-0.2, -0.15) is 0 Å². The van der Waals surface area contributed by atoms with E-state index in [0.717, 1.165) is 5.56 Å². The van der Waals surface area contributed by atoms with Crippen LogP contribution in [0.1, 0.15) is 30.9 Å². The van der Waals surface area contributed by atoms with Crippen molar-refractivity contribution in [3.63, 3.8) is 0 Å². The third-order valence-electron chi connectivity index (χ3n) is 2.46. The van der Waals surface area contributed by atoms with E-state index in [2.05, 4.69) is 26.5 Å². The number of benzene rings is 1. The average molecular weight is 234 g/mol. The summed E-state index contributed by atoms with van der Waals surface area (Å²) in [7, 11) is 0. The summed E-state index contributed by atoms with van der Waals surface area (Å²) < 4.78 is 5.42. The van der Waals surface area contributed by atoms with Gasteiger partial charge in [0, 0.05) is 0 Å². The third-order valence-corrected chi connectivity index (χ3v) is 2.46. The molecule has 0 saturated carbocycles. The first-order valence-corrected chi connectivity index (χ1v) is 5.55. The maximum atomic E-state index is 10.6. The van der Waals surface area contributed by atoms with Crippen molar-refractivity contribution in [3.8, 4) is 5.75 Å². The van der Waals surface area contributed by atoms with Crippen LogP contribution in [0.3, 0.4) is 0 Å². The monoisotopic (exact) mass is 234 g/mol. The van der Waals surface area contributed by atoms with Crippen molar-refractivity contribution >= 4 is 5.97 Å². The Morgan fingerprint density at radius 2 is 2.06 bits per heavy atom. The fourth-order valence-electron chi connectivity index (χ4n) is 1.43.